The minimum atomic E-state index is 0.424. The summed E-state index contributed by atoms with van der Waals surface area (Å²) in [6.07, 6.45) is 3.84. The van der Waals surface area contributed by atoms with Gasteiger partial charge >= 0.3 is 0 Å². The zero-order chi connectivity index (χ0) is 9.90. The molecule has 0 aromatic carbocycles. The van der Waals surface area contributed by atoms with E-state index in [9.17, 15) is 0 Å². The topological polar surface area (TPSA) is 0 Å². The van der Waals surface area contributed by atoms with Crippen LogP contribution in [0.4, 0.5) is 0 Å². The molecule has 1 aromatic rings. The Labute approximate surface area is 86.0 Å². The van der Waals surface area contributed by atoms with E-state index in [1.165, 1.54) is 24.1 Å². The fourth-order valence-corrected chi connectivity index (χ4v) is 2.90. The van der Waals surface area contributed by atoms with Gasteiger partial charge in [-0.2, -0.15) is 0 Å². The predicted molar refractivity (Wildman–Crippen MR) is 61.6 cm³/mol. The zero-order valence-corrected chi connectivity index (χ0v) is 10.0. The van der Waals surface area contributed by atoms with Gasteiger partial charge in [0.25, 0.3) is 0 Å². The van der Waals surface area contributed by atoms with E-state index in [4.69, 9.17) is 0 Å². The van der Waals surface area contributed by atoms with Crippen molar-refractivity contribution in [1.29, 1.82) is 0 Å². The lowest BCUT2D eigenvalue weighted by atomic mass is 9.81. The zero-order valence-electron chi connectivity index (χ0n) is 9.18. The monoisotopic (exact) mass is 196 g/mol. The lowest BCUT2D eigenvalue weighted by Gasteiger charge is -2.26. The molecule has 0 aliphatic heterocycles. The molecule has 1 atom stereocenters. The van der Waals surface area contributed by atoms with Gasteiger partial charge in [-0.05, 0) is 31.9 Å². The van der Waals surface area contributed by atoms with E-state index in [1.807, 2.05) is 11.3 Å². The van der Waals surface area contributed by atoms with Crippen LogP contribution >= 0.6 is 11.3 Å². The van der Waals surface area contributed by atoms with Crippen molar-refractivity contribution in [2.45, 2.75) is 52.4 Å². The molecule has 0 saturated heterocycles. The van der Waals surface area contributed by atoms with Crippen molar-refractivity contribution in [2.75, 3.05) is 0 Å². The SMILES string of the molecule is CCCC(C)(CC)c1ccc(C)s1. The van der Waals surface area contributed by atoms with Crippen LogP contribution in [0, 0.1) is 6.92 Å². The summed E-state index contributed by atoms with van der Waals surface area (Å²) in [6.45, 7) is 9.15. The highest BCUT2D eigenvalue weighted by atomic mass is 32.1. The Balaban J connectivity index is 2.88. The number of thiophene rings is 1. The highest BCUT2D eigenvalue weighted by molar-refractivity contribution is 7.12. The quantitative estimate of drug-likeness (QED) is 0.664. The molecule has 0 amide bonds. The van der Waals surface area contributed by atoms with Gasteiger partial charge in [-0.25, -0.2) is 0 Å². The van der Waals surface area contributed by atoms with Crippen LogP contribution in [0.5, 0.6) is 0 Å². The van der Waals surface area contributed by atoms with Crippen LogP contribution in [0.25, 0.3) is 0 Å². The number of hydrogen-bond donors (Lipinski definition) is 0. The second-order valence-corrected chi connectivity index (χ2v) is 5.36. The van der Waals surface area contributed by atoms with Crippen molar-refractivity contribution in [1.82, 2.24) is 0 Å². The maximum absolute atomic E-state index is 2.39. The minimum absolute atomic E-state index is 0.424. The molecular weight excluding hydrogens is 176 g/mol. The molecule has 0 spiro atoms. The standard InChI is InChI=1S/C12H20S/c1-5-9-12(4,6-2)11-8-7-10(3)13-11/h7-8H,5-6,9H2,1-4H3. The summed E-state index contributed by atoms with van der Waals surface area (Å²) in [6, 6.07) is 4.54. The Kier molecular flexibility index (Phi) is 3.55. The van der Waals surface area contributed by atoms with Gasteiger partial charge in [0, 0.05) is 15.2 Å². The Bertz CT molecular complexity index is 262. The van der Waals surface area contributed by atoms with Gasteiger partial charge in [0.1, 0.15) is 0 Å². The lowest BCUT2D eigenvalue weighted by molar-refractivity contribution is 0.422. The van der Waals surface area contributed by atoms with Gasteiger partial charge in [-0.1, -0.05) is 27.2 Å². The van der Waals surface area contributed by atoms with Crippen LogP contribution in [0.3, 0.4) is 0 Å². The normalized spacial score (nSPS) is 15.7. The predicted octanol–water partition coefficient (Wildman–Crippen LogP) is 4.52. The average molecular weight is 196 g/mol. The van der Waals surface area contributed by atoms with Gasteiger partial charge in [-0.15, -0.1) is 11.3 Å². The van der Waals surface area contributed by atoms with Crippen LogP contribution in [0.15, 0.2) is 12.1 Å². The maximum Gasteiger partial charge on any atom is 0.0107 e. The van der Waals surface area contributed by atoms with Crippen molar-refractivity contribution in [3.8, 4) is 0 Å². The summed E-state index contributed by atoms with van der Waals surface area (Å²) in [5.74, 6) is 0. The first-order valence-electron chi connectivity index (χ1n) is 5.19. The first kappa shape index (κ1) is 10.8. The first-order valence-corrected chi connectivity index (χ1v) is 6.01. The molecule has 0 radical (unpaired) electrons. The second kappa shape index (κ2) is 4.28. The van der Waals surface area contributed by atoms with Crippen molar-refractivity contribution >= 4 is 11.3 Å². The molecule has 0 nitrogen and oxygen atoms in total. The lowest BCUT2D eigenvalue weighted by Crippen LogP contribution is -2.18. The van der Waals surface area contributed by atoms with Gasteiger partial charge in [0.2, 0.25) is 0 Å². The fraction of sp³-hybridized carbons (Fsp3) is 0.667. The Morgan fingerprint density at radius 1 is 1.31 bits per heavy atom. The van der Waals surface area contributed by atoms with Gasteiger partial charge in [0.15, 0.2) is 0 Å². The van der Waals surface area contributed by atoms with E-state index in [0.717, 1.165) is 0 Å². The maximum atomic E-state index is 2.39. The largest absolute Gasteiger partial charge is 0.145 e. The summed E-state index contributed by atoms with van der Waals surface area (Å²) in [7, 11) is 0. The average Bonchev–Trinajstić information content (AvgIpc) is 2.52. The third-order valence-corrected chi connectivity index (χ3v) is 4.22. The van der Waals surface area contributed by atoms with E-state index in [2.05, 4.69) is 39.8 Å². The summed E-state index contributed by atoms with van der Waals surface area (Å²) < 4.78 is 0. The van der Waals surface area contributed by atoms with Crippen molar-refractivity contribution in [3.63, 3.8) is 0 Å². The van der Waals surface area contributed by atoms with Crippen LogP contribution < -0.4 is 0 Å². The highest BCUT2D eigenvalue weighted by Gasteiger charge is 2.24. The van der Waals surface area contributed by atoms with Crippen molar-refractivity contribution in [2.24, 2.45) is 0 Å². The molecule has 0 bridgehead atoms. The Morgan fingerprint density at radius 3 is 2.38 bits per heavy atom. The molecule has 0 saturated carbocycles. The number of hydrogen-bond acceptors (Lipinski definition) is 1. The van der Waals surface area contributed by atoms with E-state index in [0.29, 0.717) is 5.41 Å². The first-order chi connectivity index (χ1) is 6.12. The van der Waals surface area contributed by atoms with Crippen LogP contribution in [-0.4, -0.2) is 0 Å². The van der Waals surface area contributed by atoms with Gasteiger partial charge < -0.3 is 0 Å². The summed E-state index contributed by atoms with van der Waals surface area (Å²) in [4.78, 5) is 3.00. The molecule has 1 rings (SSSR count). The van der Waals surface area contributed by atoms with E-state index in [1.54, 1.807) is 4.88 Å². The molecule has 1 heterocycles. The molecule has 0 N–H and O–H groups in total. The third-order valence-electron chi connectivity index (χ3n) is 2.92. The smallest absolute Gasteiger partial charge is 0.0107 e. The summed E-state index contributed by atoms with van der Waals surface area (Å²) >= 11 is 1.96. The van der Waals surface area contributed by atoms with Gasteiger partial charge in [-0.3, -0.25) is 0 Å². The van der Waals surface area contributed by atoms with Crippen molar-refractivity contribution in [3.05, 3.63) is 21.9 Å². The van der Waals surface area contributed by atoms with Crippen LogP contribution in [0.2, 0.25) is 0 Å². The molecule has 13 heavy (non-hydrogen) atoms. The van der Waals surface area contributed by atoms with Crippen LogP contribution in [0.1, 0.15) is 49.8 Å². The van der Waals surface area contributed by atoms with E-state index >= 15 is 0 Å². The van der Waals surface area contributed by atoms with Crippen molar-refractivity contribution < 1.29 is 0 Å². The van der Waals surface area contributed by atoms with Crippen LogP contribution in [-0.2, 0) is 5.41 Å². The number of aryl methyl sites for hydroxylation is 1. The summed E-state index contributed by atoms with van der Waals surface area (Å²) in [5.41, 5.74) is 0.424. The van der Waals surface area contributed by atoms with E-state index < -0.39 is 0 Å². The number of rotatable bonds is 4. The highest BCUT2D eigenvalue weighted by Crippen LogP contribution is 2.36. The molecule has 0 aliphatic rings. The molecule has 74 valence electrons. The second-order valence-electron chi connectivity index (χ2n) is 4.07. The fourth-order valence-electron chi connectivity index (χ4n) is 1.78. The molecule has 1 heteroatoms. The molecule has 0 aliphatic carbocycles. The molecule has 0 fully saturated rings. The Hall–Kier alpha value is -0.300. The van der Waals surface area contributed by atoms with Gasteiger partial charge in [0.05, 0.1) is 0 Å². The molecule has 1 unspecified atom stereocenters. The third kappa shape index (κ3) is 2.34. The Morgan fingerprint density at radius 2 is 2.00 bits per heavy atom. The molecule has 1 aromatic heterocycles. The van der Waals surface area contributed by atoms with E-state index in [-0.39, 0.29) is 0 Å². The molecular formula is C12H20S. The summed E-state index contributed by atoms with van der Waals surface area (Å²) in [5, 5.41) is 0. The minimum Gasteiger partial charge on any atom is -0.145 e.